The summed E-state index contributed by atoms with van der Waals surface area (Å²) in [4.78, 5) is 24.9. The number of carbonyl (C=O) groups excluding carboxylic acids is 1. The maximum absolute atomic E-state index is 15.7. The van der Waals surface area contributed by atoms with E-state index in [1.54, 1.807) is 54.1 Å². The Hall–Kier alpha value is -5.63. The topological polar surface area (TPSA) is 154 Å². The third-order valence-corrected chi connectivity index (χ3v) is 8.47. The van der Waals surface area contributed by atoms with Crippen LogP contribution in [0, 0.1) is 18.6 Å². The van der Waals surface area contributed by atoms with Crippen molar-refractivity contribution in [2.45, 2.75) is 11.8 Å². The Morgan fingerprint density at radius 3 is 2.57 bits per heavy atom. The van der Waals surface area contributed by atoms with E-state index in [9.17, 15) is 13.2 Å². The summed E-state index contributed by atoms with van der Waals surface area (Å²) < 4.78 is 65.9. The van der Waals surface area contributed by atoms with Gasteiger partial charge in [-0.1, -0.05) is 18.2 Å². The van der Waals surface area contributed by atoms with E-state index < -0.39 is 38.9 Å². The minimum absolute atomic E-state index is 0.0488. The Kier molecular flexibility index (Phi) is 7.05. The number of methoxy groups -OCH3 is 1. The fourth-order valence-corrected chi connectivity index (χ4v) is 6.12. The number of amides is 1. The van der Waals surface area contributed by atoms with E-state index in [0.29, 0.717) is 39.1 Å². The van der Waals surface area contributed by atoms with Crippen molar-refractivity contribution in [3.63, 3.8) is 0 Å². The molecular weight excluding hydrogens is 592 g/mol. The van der Waals surface area contributed by atoms with Gasteiger partial charge in [0.25, 0.3) is 15.9 Å². The zero-order valence-corrected chi connectivity index (χ0v) is 24.0. The molecule has 0 unspecified atom stereocenters. The van der Waals surface area contributed by atoms with Crippen LogP contribution in [-0.4, -0.2) is 41.0 Å². The molecule has 0 radical (unpaired) electrons. The number of nitrogens with two attached hydrogens (primary N) is 1. The molecule has 0 atom stereocenters. The molecule has 3 aromatic heterocycles. The molecule has 0 aliphatic carbocycles. The molecule has 11 nitrogen and oxygen atoms in total. The van der Waals surface area contributed by atoms with Gasteiger partial charge in [-0.3, -0.25) is 9.52 Å². The predicted octanol–water partition coefficient (Wildman–Crippen LogP) is 5.21. The highest BCUT2D eigenvalue weighted by Crippen LogP contribution is 2.33. The molecule has 3 heterocycles. The van der Waals surface area contributed by atoms with Crippen molar-refractivity contribution in [2.75, 3.05) is 17.1 Å². The number of aromatic nitrogens is 4. The Morgan fingerprint density at radius 2 is 1.82 bits per heavy atom. The van der Waals surface area contributed by atoms with Crippen LogP contribution in [0.2, 0.25) is 0 Å². The zero-order chi connectivity index (χ0) is 31.2. The van der Waals surface area contributed by atoms with Gasteiger partial charge in [-0.15, -0.1) is 0 Å². The van der Waals surface area contributed by atoms with Gasteiger partial charge >= 0.3 is 0 Å². The predicted molar refractivity (Wildman–Crippen MR) is 161 cm³/mol. The molecule has 0 fully saturated rings. The molecule has 1 amide bonds. The molecule has 0 saturated carbocycles. The number of pyridine rings is 1. The minimum atomic E-state index is -4.26. The van der Waals surface area contributed by atoms with Crippen LogP contribution in [0.5, 0.6) is 5.75 Å². The quantitative estimate of drug-likeness (QED) is 0.211. The summed E-state index contributed by atoms with van der Waals surface area (Å²) >= 11 is 0. The van der Waals surface area contributed by atoms with E-state index in [2.05, 4.69) is 25.0 Å². The zero-order valence-electron chi connectivity index (χ0n) is 23.2. The highest BCUT2D eigenvalue weighted by molar-refractivity contribution is 7.92. The lowest BCUT2D eigenvalue weighted by Crippen LogP contribution is -2.16. The number of rotatable bonds is 8. The van der Waals surface area contributed by atoms with Gasteiger partial charge in [0.15, 0.2) is 11.6 Å². The fraction of sp³-hybridized carbons (Fsp3) is 0.0667. The standard InChI is InChI=1S/C30H23F2N7O4S/c1-16-13-17(43-2)7-11-24(16)44(41,42)38-21-9-8-20(31)27(26(21)32)37-30-28-22(34-15-35-30)10-12-25(36-28)39-14-19(29(33)40)18-5-3-4-6-23(18)39/h3-15,38H,1-2H3,(H2,33,40)(H,34,35,37). The van der Waals surface area contributed by atoms with Crippen LogP contribution >= 0.6 is 0 Å². The summed E-state index contributed by atoms with van der Waals surface area (Å²) in [7, 11) is -2.81. The molecule has 14 heteroatoms. The average Bonchev–Trinajstić information content (AvgIpc) is 3.40. The molecule has 0 saturated heterocycles. The summed E-state index contributed by atoms with van der Waals surface area (Å²) in [5, 5.41) is 3.24. The number of aryl methyl sites for hydroxylation is 1. The van der Waals surface area contributed by atoms with E-state index in [0.717, 1.165) is 12.1 Å². The SMILES string of the molecule is COc1ccc(S(=O)(=O)Nc2ccc(F)c(Nc3ncnc4ccc(-n5cc(C(N)=O)c6ccccc65)nc34)c2F)c(C)c1. The van der Waals surface area contributed by atoms with E-state index >= 15 is 8.78 Å². The van der Waals surface area contributed by atoms with Crippen LogP contribution < -0.4 is 20.5 Å². The van der Waals surface area contributed by atoms with Gasteiger partial charge in [0.1, 0.15) is 34.9 Å². The number of primary amides is 1. The molecule has 6 aromatic rings. The van der Waals surface area contributed by atoms with Crippen molar-refractivity contribution in [1.29, 1.82) is 0 Å². The molecule has 6 rings (SSSR count). The number of nitrogens with one attached hydrogen (secondary N) is 2. The monoisotopic (exact) mass is 615 g/mol. The Bertz CT molecular complexity index is 2220. The number of sulfonamides is 1. The van der Waals surface area contributed by atoms with Gasteiger partial charge in [0.2, 0.25) is 0 Å². The molecule has 0 aliphatic rings. The fourth-order valence-electron chi connectivity index (χ4n) is 4.84. The first-order valence-electron chi connectivity index (χ1n) is 13.0. The van der Waals surface area contributed by atoms with Crippen LogP contribution in [0.15, 0.2) is 84.1 Å². The third kappa shape index (κ3) is 5.00. The number of hydrogen-bond donors (Lipinski definition) is 3. The van der Waals surface area contributed by atoms with E-state index in [1.165, 1.54) is 31.6 Å². The molecule has 4 N–H and O–H groups in total. The number of para-hydroxylation sites is 1. The Labute approximate surface area is 249 Å². The average molecular weight is 616 g/mol. The van der Waals surface area contributed by atoms with E-state index in [1.807, 2.05) is 0 Å². The van der Waals surface area contributed by atoms with Gasteiger partial charge in [0, 0.05) is 11.6 Å². The molecule has 222 valence electrons. The highest BCUT2D eigenvalue weighted by atomic mass is 32.2. The largest absolute Gasteiger partial charge is 0.497 e. The Balaban J connectivity index is 1.39. The van der Waals surface area contributed by atoms with E-state index in [4.69, 9.17) is 10.5 Å². The van der Waals surface area contributed by atoms with Gasteiger partial charge in [-0.05, 0) is 61.0 Å². The maximum Gasteiger partial charge on any atom is 0.262 e. The van der Waals surface area contributed by atoms with Crippen molar-refractivity contribution in [3.8, 4) is 11.6 Å². The summed E-state index contributed by atoms with van der Waals surface area (Å²) in [5.41, 5.74) is 6.25. The lowest BCUT2D eigenvalue weighted by atomic mass is 10.2. The molecule has 44 heavy (non-hydrogen) atoms. The number of halogens is 2. The maximum atomic E-state index is 15.7. The second-order valence-electron chi connectivity index (χ2n) is 9.70. The molecular formula is C30H23F2N7O4S. The summed E-state index contributed by atoms with van der Waals surface area (Å²) in [6.07, 6.45) is 2.74. The molecule has 3 aromatic carbocycles. The second kappa shape index (κ2) is 10.9. The number of fused-ring (bicyclic) bond motifs is 2. The third-order valence-electron chi connectivity index (χ3n) is 6.94. The lowest BCUT2D eigenvalue weighted by molar-refractivity contribution is 0.100. The second-order valence-corrected chi connectivity index (χ2v) is 11.4. The van der Waals surface area contributed by atoms with E-state index in [-0.39, 0.29) is 16.2 Å². The van der Waals surface area contributed by atoms with Crippen LogP contribution in [0.3, 0.4) is 0 Å². The highest BCUT2D eigenvalue weighted by Gasteiger charge is 2.23. The number of anilines is 3. The number of ether oxygens (including phenoxy) is 1. The number of carbonyl (C=O) groups is 1. The van der Waals surface area contributed by atoms with Crippen molar-refractivity contribution in [1.82, 2.24) is 19.5 Å². The van der Waals surface area contributed by atoms with Crippen molar-refractivity contribution in [2.24, 2.45) is 5.73 Å². The van der Waals surface area contributed by atoms with Gasteiger partial charge in [0.05, 0.1) is 34.3 Å². The van der Waals surface area contributed by atoms with Crippen molar-refractivity contribution in [3.05, 3.63) is 102 Å². The van der Waals surface area contributed by atoms with Crippen LogP contribution in [0.1, 0.15) is 15.9 Å². The van der Waals surface area contributed by atoms with Crippen molar-refractivity contribution < 1.29 is 26.7 Å². The summed E-state index contributed by atoms with van der Waals surface area (Å²) in [6.45, 7) is 1.57. The number of hydrogen-bond acceptors (Lipinski definition) is 8. The normalized spacial score (nSPS) is 11.5. The number of nitrogens with zero attached hydrogens (tertiary/aromatic N) is 4. The lowest BCUT2D eigenvalue weighted by Gasteiger charge is -2.15. The molecule has 0 spiro atoms. The van der Waals surface area contributed by atoms with Crippen LogP contribution in [0.4, 0.5) is 26.0 Å². The minimum Gasteiger partial charge on any atom is -0.497 e. The first kappa shape index (κ1) is 28.5. The Morgan fingerprint density at radius 1 is 1.02 bits per heavy atom. The first-order chi connectivity index (χ1) is 21.1. The molecule has 0 bridgehead atoms. The van der Waals surface area contributed by atoms with Gasteiger partial charge in [-0.2, -0.15) is 0 Å². The molecule has 0 aliphatic heterocycles. The van der Waals surface area contributed by atoms with Gasteiger partial charge in [-0.25, -0.2) is 32.2 Å². The number of benzene rings is 3. The van der Waals surface area contributed by atoms with Gasteiger partial charge < -0.3 is 20.4 Å². The van der Waals surface area contributed by atoms with Crippen LogP contribution in [-0.2, 0) is 10.0 Å². The smallest absolute Gasteiger partial charge is 0.262 e. The summed E-state index contributed by atoms with van der Waals surface area (Å²) in [6, 6.07) is 16.6. The van der Waals surface area contributed by atoms with Crippen LogP contribution in [0.25, 0.3) is 27.8 Å². The van der Waals surface area contributed by atoms with Crippen molar-refractivity contribution >= 4 is 55.1 Å². The first-order valence-corrected chi connectivity index (χ1v) is 14.5. The summed E-state index contributed by atoms with van der Waals surface area (Å²) in [5.74, 6) is -2.06.